The van der Waals surface area contributed by atoms with Gasteiger partial charge in [-0.1, -0.05) is 30.3 Å². The highest BCUT2D eigenvalue weighted by molar-refractivity contribution is 6.00. The fraction of sp³-hybridized carbons (Fsp3) is 0.0833. The summed E-state index contributed by atoms with van der Waals surface area (Å²) in [5.41, 5.74) is 9.80. The van der Waals surface area contributed by atoms with Crippen LogP contribution >= 0.6 is 0 Å². The average Bonchev–Trinajstić information content (AvgIpc) is 2.38. The zero-order chi connectivity index (χ0) is 13.1. The number of benzene rings is 1. The van der Waals surface area contributed by atoms with E-state index in [1.807, 2.05) is 30.3 Å². The van der Waals surface area contributed by atoms with Crippen molar-refractivity contribution >= 4 is 11.9 Å². The van der Waals surface area contributed by atoms with Gasteiger partial charge < -0.3 is 5.73 Å². The zero-order valence-corrected chi connectivity index (χ0v) is 9.84. The largest absolute Gasteiger partial charge is 0.368 e. The van der Waals surface area contributed by atoms with E-state index in [4.69, 9.17) is 11.6 Å². The van der Waals surface area contributed by atoms with E-state index in [0.717, 1.165) is 5.56 Å². The maximum absolute atomic E-state index is 11.8. The zero-order valence-electron chi connectivity index (χ0n) is 9.84. The van der Waals surface area contributed by atoms with Crippen molar-refractivity contribution in [1.82, 2.24) is 15.4 Å². The molecule has 1 aromatic heterocycles. The fourth-order valence-corrected chi connectivity index (χ4v) is 1.74. The molecule has 1 amide bonds. The van der Waals surface area contributed by atoms with Crippen molar-refractivity contribution in [2.24, 2.45) is 5.84 Å². The number of carbonyl (C=O) groups is 1. The number of hydrazine groups is 1. The molecule has 1 aromatic carbocycles. The number of nitrogens with two attached hydrogens (primary N) is 2. The number of aryl methyl sites for hydroxylation is 1. The summed E-state index contributed by atoms with van der Waals surface area (Å²) in [4.78, 5) is 19.9. The molecular weight excluding hydrogens is 230 g/mol. The second kappa shape index (κ2) is 4.80. The third-order valence-corrected chi connectivity index (χ3v) is 2.51. The predicted octanol–water partition coefficient (Wildman–Crippen LogP) is 0.638. The minimum absolute atomic E-state index is 0.125. The van der Waals surface area contributed by atoms with Crippen molar-refractivity contribution in [3.8, 4) is 11.3 Å². The summed E-state index contributed by atoms with van der Waals surface area (Å²) in [6.07, 6.45) is 0. The molecule has 18 heavy (non-hydrogen) atoms. The normalized spacial score (nSPS) is 10.1. The van der Waals surface area contributed by atoms with Gasteiger partial charge in [-0.15, -0.1) is 0 Å². The van der Waals surface area contributed by atoms with Crippen LogP contribution in [0.2, 0.25) is 0 Å². The summed E-state index contributed by atoms with van der Waals surface area (Å²) < 4.78 is 0. The lowest BCUT2D eigenvalue weighted by Gasteiger charge is -2.10. The molecule has 0 aliphatic carbocycles. The van der Waals surface area contributed by atoms with Crippen molar-refractivity contribution in [1.29, 1.82) is 0 Å². The first-order chi connectivity index (χ1) is 8.63. The molecule has 0 aliphatic heterocycles. The van der Waals surface area contributed by atoms with Gasteiger partial charge in [0.25, 0.3) is 5.91 Å². The molecule has 0 spiro atoms. The Morgan fingerprint density at radius 1 is 1.22 bits per heavy atom. The smallest absolute Gasteiger partial charge is 0.269 e. The van der Waals surface area contributed by atoms with Crippen LogP contribution in [-0.4, -0.2) is 15.9 Å². The summed E-state index contributed by atoms with van der Waals surface area (Å²) in [5, 5.41) is 0. The maximum Gasteiger partial charge on any atom is 0.269 e. The second-order valence-corrected chi connectivity index (χ2v) is 3.73. The van der Waals surface area contributed by atoms with Crippen molar-refractivity contribution in [3.05, 3.63) is 41.6 Å². The van der Waals surface area contributed by atoms with Crippen molar-refractivity contribution in [2.45, 2.75) is 6.92 Å². The van der Waals surface area contributed by atoms with E-state index in [-0.39, 0.29) is 5.95 Å². The Labute approximate surface area is 104 Å². The van der Waals surface area contributed by atoms with E-state index >= 15 is 0 Å². The Morgan fingerprint density at radius 2 is 1.89 bits per heavy atom. The van der Waals surface area contributed by atoms with E-state index in [2.05, 4.69) is 15.4 Å². The quantitative estimate of drug-likeness (QED) is 0.407. The van der Waals surface area contributed by atoms with Gasteiger partial charge in [0.2, 0.25) is 5.95 Å². The van der Waals surface area contributed by atoms with Gasteiger partial charge in [0.15, 0.2) is 0 Å². The van der Waals surface area contributed by atoms with E-state index < -0.39 is 5.91 Å². The molecular formula is C12H13N5O. The molecule has 0 radical (unpaired) electrons. The number of nitrogens with one attached hydrogen (secondary N) is 1. The van der Waals surface area contributed by atoms with Gasteiger partial charge in [0, 0.05) is 5.56 Å². The third-order valence-electron chi connectivity index (χ3n) is 2.51. The highest BCUT2D eigenvalue weighted by atomic mass is 16.2. The molecule has 0 aliphatic rings. The van der Waals surface area contributed by atoms with Crippen LogP contribution in [0.5, 0.6) is 0 Å². The van der Waals surface area contributed by atoms with Crippen LogP contribution in [0, 0.1) is 6.92 Å². The number of amides is 1. The Hall–Kier alpha value is -2.47. The number of carbonyl (C=O) groups excluding carboxylic acids is 1. The molecule has 0 bridgehead atoms. The highest BCUT2D eigenvalue weighted by Gasteiger charge is 2.18. The molecule has 0 saturated carbocycles. The number of hydrogen-bond acceptors (Lipinski definition) is 5. The van der Waals surface area contributed by atoms with Gasteiger partial charge in [-0.25, -0.2) is 15.8 Å². The lowest BCUT2D eigenvalue weighted by atomic mass is 10.0. The molecule has 0 atom stereocenters. The van der Waals surface area contributed by atoms with E-state index in [9.17, 15) is 4.79 Å². The molecule has 5 N–H and O–H groups in total. The first-order valence-electron chi connectivity index (χ1n) is 5.34. The lowest BCUT2D eigenvalue weighted by Crippen LogP contribution is -2.31. The Kier molecular flexibility index (Phi) is 3.20. The van der Waals surface area contributed by atoms with Gasteiger partial charge in [-0.3, -0.25) is 10.2 Å². The highest BCUT2D eigenvalue weighted by Crippen LogP contribution is 2.23. The van der Waals surface area contributed by atoms with Crippen LogP contribution in [0.4, 0.5) is 5.95 Å². The van der Waals surface area contributed by atoms with Crippen molar-refractivity contribution < 1.29 is 4.79 Å². The second-order valence-electron chi connectivity index (χ2n) is 3.73. The van der Waals surface area contributed by atoms with Crippen molar-refractivity contribution in [3.63, 3.8) is 0 Å². The molecule has 92 valence electrons. The lowest BCUT2D eigenvalue weighted by molar-refractivity contribution is 0.0953. The molecule has 2 rings (SSSR count). The van der Waals surface area contributed by atoms with Crippen LogP contribution in [0.3, 0.4) is 0 Å². The topological polar surface area (TPSA) is 107 Å². The molecule has 2 aromatic rings. The van der Waals surface area contributed by atoms with Crippen molar-refractivity contribution in [2.75, 3.05) is 5.73 Å². The molecule has 6 heteroatoms. The minimum atomic E-state index is -0.439. The first kappa shape index (κ1) is 12.0. The summed E-state index contributed by atoms with van der Waals surface area (Å²) >= 11 is 0. The molecule has 6 nitrogen and oxygen atoms in total. The summed E-state index contributed by atoms with van der Waals surface area (Å²) in [6.45, 7) is 1.69. The predicted molar refractivity (Wildman–Crippen MR) is 68.3 cm³/mol. The van der Waals surface area contributed by atoms with Crippen LogP contribution in [0.15, 0.2) is 30.3 Å². The molecule has 0 unspecified atom stereocenters. The van der Waals surface area contributed by atoms with Gasteiger partial charge in [0.05, 0.1) is 17.0 Å². The summed E-state index contributed by atoms with van der Waals surface area (Å²) in [7, 11) is 0. The SMILES string of the molecule is Cc1nc(N)nc(-c2ccccc2)c1C(=O)NN. The average molecular weight is 243 g/mol. The number of anilines is 1. The van der Waals surface area contributed by atoms with E-state index in [1.54, 1.807) is 6.92 Å². The molecule has 0 saturated heterocycles. The summed E-state index contributed by atoms with van der Waals surface area (Å²) in [6, 6.07) is 9.27. The summed E-state index contributed by atoms with van der Waals surface area (Å²) in [5.74, 6) is 4.86. The number of nitrogens with zero attached hydrogens (tertiary/aromatic N) is 2. The van der Waals surface area contributed by atoms with E-state index in [0.29, 0.717) is 17.0 Å². The Balaban J connectivity index is 2.69. The van der Waals surface area contributed by atoms with E-state index in [1.165, 1.54) is 0 Å². The minimum Gasteiger partial charge on any atom is -0.368 e. The Bertz CT molecular complexity index is 583. The van der Waals surface area contributed by atoms with Crippen LogP contribution in [0.25, 0.3) is 11.3 Å². The first-order valence-corrected chi connectivity index (χ1v) is 5.34. The van der Waals surface area contributed by atoms with Crippen LogP contribution in [-0.2, 0) is 0 Å². The van der Waals surface area contributed by atoms with Gasteiger partial charge in [0.1, 0.15) is 0 Å². The monoisotopic (exact) mass is 243 g/mol. The fourth-order valence-electron chi connectivity index (χ4n) is 1.74. The number of rotatable bonds is 2. The standard InChI is InChI=1S/C12H13N5O/c1-7-9(11(18)17-14)10(16-12(13)15-7)8-5-3-2-4-6-8/h2-6H,14H2,1H3,(H,17,18)(H2,13,15,16). The van der Waals surface area contributed by atoms with Crippen LogP contribution in [0.1, 0.15) is 16.1 Å². The Morgan fingerprint density at radius 3 is 2.50 bits per heavy atom. The number of nitrogen functional groups attached to an aromatic ring is 2. The third kappa shape index (κ3) is 2.14. The van der Waals surface area contributed by atoms with Crippen LogP contribution < -0.4 is 17.0 Å². The molecule has 1 heterocycles. The van der Waals surface area contributed by atoms with Gasteiger partial charge in [-0.05, 0) is 6.92 Å². The maximum atomic E-state index is 11.8. The number of aromatic nitrogens is 2. The number of hydrogen-bond donors (Lipinski definition) is 3. The molecule has 0 fully saturated rings. The van der Waals surface area contributed by atoms with Gasteiger partial charge in [-0.2, -0.15) is 0 Å². The van der Waals surface area contributed by atoms with Gasteiger partial charge >= 0.3 is 0 Å².